The minimum absolute atomic E-state index is 0.0939. The summed E-state index contributed by atoms with van der Waals surface area (Å²) in [6.45, 7) is 2.11. The number of benzene rings is 2. The largest absolute Gasteiger partial charge is 0.490 e. The first-order valence-corrected chi connectivity index (χ1v) is 7.31. The highest BCUT2D eigenvalue weighted by atomic mass is 16.5. The smallest absolute Gasteiger partial charge is 0.123 e. The quantitative estimate of drug-likeness (QED) is 0.918. The summed E-state index contributed by atoms with van der Waals surface area (Å²) in [7, 11) is 0. The van der Waals surface area contributed by atoms with E-state index in [1.54, 1.807) is 0 Å². The van der Waals surface area contributed by atoms with Gasteiger partial charge in [0.15, 0.2) is 0 Å². The molecule has 0 radical (unpaired) electrons. The summed E-state index contributed by atoms with van der Waals surface area (Å²) in [5.74, 6) is 1.02. The molecule has 0 unspecified atom stereocenters. The van der Waals surface area contributed by atoms with Gasteiger partial charge in [0, 0.05) is 12.5 Å². The van der Waals surface area contributed by atoms with E-state index in [1.165, 1.54) is 16.7 Å². The summed E-state index contributed by atoms with van der Waals surface area (Å²) in [5, 5.41) is 0. The van der Waals surface area contributed by atoms with E-state index in [-0.39, 0.29) is 6.04 Å². The zero-order chi connectivity index (χ0) is 13.9. The summed E-state index contributed by atoms with van der Waals surface area (Å²) in [6, 6.07) is 17.0. The van der Waals surface area contributed by atoms with Crippen LogP contribution >= 0.6 is 0 Å². The lowest BCUT2D eigenvalue weighted by Gasteiger charge is -2.13. The SMILES string of the molecule is C[C@@H]1Cc2cc([C@H](N)CCc3ccccc3)ccc2O1. The van der Waals surface area contributed by atoms with Crippen molar-refractivity contribution in [3.63, 3.8) is 0 Å². The number of fused-ring (bicyclic) bond motifs is 1. The lowest BCUT2D eigenvalue weighted by molar-refractivity contribution is 0.254. The Hall–Kier alpha value is -1.80. The van der Waals surface area contributed by atoms with Gasteiger partial charge in [-0.1, -0.05) is 42.5 Å². The van der Waals surface area contributed by atoms with Gasteiger partial charge >= 0.3 is 0 Å². The molecule has 2 aromatic carbocycles. The number of nitrogens with two attached hydrogens (primary N) is 1. The average Bonchev–Trinajstić information content (AvgIpc) is 2.85. The van der Waals surface area contributed by atoms with Gasteiger partial charge in [-0.25, -0.2) is 0 Å². The Bertz CT molecular complexity index is 579. The van der Waals surface area contributed by atoms with Crippen molar-refractivity contribution in [2.75, 3.05) is 0 Å². The fourth-order valence-electron chi connectivity index (χ4n) is 2.81. The molecular weight excluding hydrogens is 246 g/mol. The van der Waals surface area contributed by atoms with Crippen LogP contribution in [0.5, 0.6) is 5.75 Å². The van der Waals surface area contributed by atoms with Crippen molar-refractivity contribution in [2.24, 2.45) is 5.73 Å². The second-order valence-electron chi connectivity index (χ2n) is 5.63. The maximum Gasteiger partial charge on any atom is 0.123 e. The van der Waals surface area contributed by atoms with Crippen LogP contribution < -0.4 is 10.5 Å². The zero-order valence-corrected chi connectivity index (χ0v) is 11.9. The molecule has 2 aromatic rings. The first-order chi connectivity index (χ1) is 9.72. The molecule has 0 bridgehead atoms. The molecule has 0 spiro atoms. The normalized spacial score (nSPS) is 18.4. The van der Waals surface area contributed by atoms with Gasteiger partial charge in [-0.3, -0.25) is 0 Å². The highest BCUT2D eigenvalue weighted by Crippen LogP contribution is 2.31. The van der Waals surface area contributed by atoms with Crippen LogP contribution in [-0.2, 0) is 12.8 Å². The highest BCUT2D eigenvalue weighted by molar-refractivity contribution is 5.41. The third kappa shape index (κ3) is 2.86. The molecular formula is C18H21NO. The molecule has 2 heteroatoms. The molecule has 0 amide bonds. The van der Waals surface area contributed by atoms with E-state index < -0.39 is 0 Å². The minimum atomic E-state index is 0.0939. The van der Waals surface area contributed by atoms with Gasteiger partial charge < -0.3 is 10.5 Å². The van der Waals surface area contributed by atoms with Crippen LogP contribution in [0.2, 0.25) is 0 Å². The van der Waals surface area contributed by atoms with Crippen molar-refractivity contribution >= 4 is 0 Å². The number of hydrogen-bond donors (Lipinski definition) is 1. The van der Waals surface area contributed by atoms with Gasteiger partial charge in [-0.2, -0.15) is 0 Å². The number of hydrogen-bond acceptors (Lipinski definition) is 2. The molecule has 1 aliphatic heterocycles. The molecule has 1 aliphatic rings. The van der Waals surface area contributed by atoms with Gasteiger partial charge in [-0.05, 0) is 42.5 Å². The zero-order valence-electron chi connectivity index (χ0n) is 11.9. The van der Waals surface area contributed by atoms with E-state index >= 15 is 0 Å². The summed E-state index contributed by atoms with van der Waals surface area (Å²) in [4.78, 5) is 0. The van der Waals surface area contributed by atoms with Crippen LogP contribution in [0.15, 0.2) is 48.5 Å². The molecule has 1 heterocycles. The lowest BCUT2D eigenvalue weighted by atomic mass is 9.97. The number of ether oxygens (including phenoxy) is 1. The third-order valence-electron chi connectivity index (χ3n) is 3.94. The molecule has 2 nitrogen and oxygen atoms in total. The van der Waals surface area contributed by atoms with Gasteiger partial charge in [-0.15, -0.1) is 0 Å². The third-order valence-corrected chi connectivity index (χ3v) is 3.94. The first kappa shape index (κ1) is 13.2. The summed E-state index contributed by atoms with van der Waals surface area (Å²) < 4.78 is 5.73. The van der Waals surface area contributed by atoms with Crippen LogP contribution in [0.1, 0.15) is 36.1 Å². The van der Waals surface area contributed by atoms with E-state index in [9.17, 15) is 0 Å². The Morgan fingerprint density at radius 3 is 2.80 bits per heavy atom. The van der Waals surface area contributed by atoms with E-state index in [2.05, 4.69) is 49.4 Å². The highest BCUT2D eigenvalue weighted by Gasteiger charge is 2.20. The molecule has 20 heavy (non-hydrogen) atoms. The van der Waals surface area contributed by atoms with Crippen LogP contribution in [0, 0.1) is 0 Å². The molecule has 2 N–H and O–H groups in total. The maximum absolute atomic E-state index is 6.33. The summed E-state index contributed by atoms with van der Waals surface area (Å²) >= 11 is 0. The van der Waals surface area contributed by atoms with Crippen LogP contribution in [-0.4, -0.2) is 6.10 Å². The molecule has 0 aliphatic carbocycles. The maximum atomic E-state index is 6.33. The summed E-state index contributed by atoms with van der Waals surface area (Å²) in [5.41, 5.74) is 10.2. The Kier molecular flexibility index (Phi) is 3.75. The van der Waals surface area contributed by atoms with Crippen molar-refractivity contribution in [1.82, 2.24) is 0 Å². The van der Waals surface area contributed by atoms with Crippen molar-refractivity contribution in [3.8, 4) is 5.75 Å². The monoisotopic (exact) mass is 267 g/mol. The van der Waals surface area contributed by atoms with Crippen molar-refractivity contribution in [3.05, 3.63) is 65.2 Å². The molecule has 0 fully saturated rings. The Morgan fingerprint density at radius 1 is 1.20 bits per heavy atom. The van der Waals surface area contributed by atoms with Crippen LogP contribution in [0.3, 0.4) is 0 Å². The van der Waals surface area contributed by atoms with Gasteiger partial charge in [0.1, 0.15) is 11.9 Å². The average molecular weight is 267 g/mol. The molecule has 104 valence electrons. The van der Waals surface area contributed by atoms with Gasteiger partial charge in [0.2, 0.25) is 0 Å². The van der Waals surface area contributed by atoms with E-state index in [1.807, 2.05) is 6.07 Å². The van der Waals surface area contributed by atoms with Gasteiger partial charge in [0.25, 0.3) is 0 Å². The van der Waals surface area contributed by atoms with E-state index in [0.717, 1.165) is 25.0 Å². The molecule has 0 saturated carbocycles. The topological polar surface area (TPSA) is 35.2 Å². The fraction of sp³-hybridized carbons (Fsp3) is 0.333. The van der Waals surface area contributed by atoms with Crippen LogP contribution in [0.25, 0.3) is 0 Å². The van der Waals surface area contributed by atoms with Crippen LogP contribution in [0.4, 0.5) is 0 Å². The molecule has 3 rings (SSSR count). The van der Waals surface area contributed by atoms with Crippen molar-refractivity contribution in [1.29, 1.82) is 0 Å². The van der Waals surface area contributed by atoms with E-state index in [0.29, 0.717) is 6.10 Å². The van der Waals surface area contributed by atoms with Crippen molar-refractivity contribution < 1.29 is 4.74 Å². The summed E-state index contributed by atoms with van der Waals surface area (Å²) in [6.07, 6.45) is 3.28. The Labute approximate surface area is 120 Å². The predicted octanol–water partition coefficient (Wildman–Crippen LogP) is 3.64. The van der Waals surface area contributed by atoms with Gasteiger partial charge in [0.05, 0.1) is 0 Å². The fourth-order valence-corrected chi connectivity index (χ4v) is 2.81. The van der Waals surface area contributed by atoms with E-state index in [4.69, 9.17) is 10.5 Å². The molecule has 0 saturated heterocycles. The Balaban J connectivity index is 1.66. The van der Waals surface area contributed by atoms with Crippen molar-refractivity contribution in [2.45, 2.75) is 38.3 Å². The number of rotatable bonds is 4. The standard InChI is InChI=1S/C18H21NO/c1-13-11-16-12-15(8-10-18(16)20-13)17(19)9-7-14-5-3-2-4-6-14/h2-6,8,10,12-13,17H,7,9,11,19H2,1H3/t13-,17-/m1/s1. The second-order valence-corrected chi connectivity index (χ2v) is 5.63. The second kappa shape index (κ2) is 5.68. The first-order valence-electron chi connectivity index (χ1n) is 7.31. The minimum Gasteiger partial charge on any atom is -0.490 e. The molecule has 0 aromatic heterocycles. The lowest BCUT2D eigenvalue weighted by Crippen LogP contribution is -2.11. The Morgan fingerprint density at radius 2 is 2.00 bits per heavy atom. The molecule has 2 atom stereocenters. The predicted molar refractivity (Wildman–Crippen MR) is 81.9 cm³/mol. The number of aryl methyl sites for hydroxylation is 1.